The number of carbonyl (C=O) groups is 2. The van der Waals surface area contributed by atoms with Crippen molar-refractivity contribution in [2.45, 2.75) is 31.4 Å². The molecule has 3 heterocycles. The number of aromatic nitrogens is 2. The van der Waals surface area contributed by atoms with Crippen molar-refractivity contribution < 1.29 is 14.3 Å². The van der Waals surface area contributed by atoms with E-state index >= 15 is 0 Å². The molecular weight excluding hydrogens is 344 g/mol. The Kier molecular flexibility index (Phi) is 3.81. The summed E-state index contributed by atoms with van der Waals surface area (Å²) in [6.07, 6.45) is 6.96. The maximum absolute atomic E-state index is 13.5. The molecule has 7 heteroatoms. The van der Waals surface area contributed by atoms with Crippen LogP contribution in [0, 0.1) is 5.92 Å². The number of rotatable bonds is 3. The summed E-state index contributed by atoms with van der Waals surface area (Å²) in [6.45, 7) is 1.06. The van der Waals surface area contributed by atoms with Gasteiger partial charge in [0, 0.05) is 25.4 Å². The first-order chi connectivity index (χ1) is 13.2. The van der Waals surface area contributed by atoms with Crippen LogP contribution in [-0.4, -0.2) is 51.9 Å². The van der Waals surface area contributed by atoms with Crippen molar-refractivity contribution in [2.75, 3.05) is 18.0 Å². The highest BCUT2D eigenvalue weighted by atomic mass is 16.5. The highest BCUT2D eigenvalue weighted by molar-refractivity contribution is 6.03. The monoisotopic (exact) mass is 364 g/mol. The summed E-state index contributed by atoms with van der Waals surface area (Å²) < 4.78 is 6.21. The maximum atomic E-state index is 13.5. The summed E-state index contributed by atoms with van der Waals surface area (Å²) >= 11 is 0. The lowest BCUT2D eigenvalue weighted by Crippen LogP contribution is -2.48. The quantitative estimate of drug-likeness (QED) is 0.831. The lowest BCUT2D eigenvalue weighted by molar-refractivity contribution is -0.122. The molecule has 2 aromatic rings. The molecule has 2 aliphatic heterocycles. The zero-order valence-corrected chi connectivity index (χ0v) is 14.8. The predicted octanol–water partition coefficient (Wildman–Crippen LogP) is 1.90. The van der Waals surface area contributed by atoms with Gasteiger partial charge in [-0.3, -0.25) is 9.59 Å². The van der Waals surface area contributed by atoms with E-state index in [1.54, 1.807) is 4.90 Å². The smallest absolute Gasteiger partial charge is 0.257 e. The molecule has 0 radical (unpaired) electrons. The molecule has 0 unspecified atom stereocenters. The fourth-order valence-electron chi connectivity index (χ4n) is 3.92. The van der Waals surface area contributed by atoms with Crippen LogP contribution in [0.2, 0.25) is 0 Å². The lowest BCUT2D eigenvalue weighted by Gasteiger charge is -2.31. The third-order valence-electron chi connectivity index (χ3n) is 5.47. The average Bonchev–Trinajstić information content (AvgIpc) is 3.42. The number of amides is 2. The van der Waals surface area contributed by atoms with Crippen LogP contribution in [-0.2, 0) is 4.79 Å². The van der Waals surface area contributed by atoms with Crippen LogP contribution in [0.1, 0.15) is 29.6 Å². The summed E-state index contributed by atoms with van der Waals surface area (Å²) in [5.41, 5.74) is 1.20. The largest absolute Gasteiger partial charge is 0.486 e. The molecule has 1 saturated heterocycles. The number of nitrogens with zero attached hydrogens (tertiary/aromatic N) is 4. The molecule has 1 aromatic carbocycles. The Morgan fingerprint density at radius 3 is 2.74 bits per heavy atom. The number of fused-ring (bicyclic) bond motifs is 3. The van der Waals surface area contributed by atoms with Crippen LogP contribution in [0.5, 0.6) is 5.75 Å². The SMILES string of the molecule is O=C1[C@@H]2C[C@@H](CN2C(=O)c2cncnc2)Oc2ccccc2N1CC1CC1. The Bertz CT molecular complexity index is 884. The van der Waals surface area contributed by atoms with Gasteiger partial charge in [0.2, 0.25) is 5.91 Å². The molecule has 2 atom stereocenters. The van der Waals surface area contributed by atoms with Gasteiger partial charge >= 0.3 is 0 Å². The fraction of sp³-hybridized carbons (Fsp3) is 0.400. The van der Waals surface area contributed by atoms with Crippen molar-refractivity contribution in [1.82, 2.24) is 14.9 Å². The van der Waals surface area contributed by atoms with Gasteiger partial charge in [-0.05, 0) is 30.9 Å². The van der Waals surface area contributed by atoms with Crippen molar-refractivity contribution in [1.29, 1.82) is 0 Å². The molecule has 2 bridgehead atoms. The van der Waals surface area contributed by atoms with Gasteiger partial charge in [-0.1, -0.05) is 12.1 Å². The summed E-state index contributed by atoms with van der Waals surface area (Å²) in [6, 6.07) is 7.14. The third kappa shape index (κ3) is 2.93. The average molecular weight is 364 g/mol. The van der Waals surface area contributed by atoms with Crippen LogP contribution in [0.25, 0.3) is 0 Å². The molecular formula is C20H20N4O3. The Hall–Kier alpha value is -2.96. The molecule has 0 spiro atoms. The van der Waals surface area contributed by atoms with Crippen molar-refractivity contribution in [3.05, 3.63) is 48.5 Å². The minimum atomic E-state index is -0.519. The van der Waals surface area contributed by atoms with Gasteiger partial charge in [-0.2, -0.15) is 0 Å². The first-order valence-electron chi connectivity index (χ1n) is 9.34. The van der Waals surface area contributed by atoms with E-state index in [0.717, 1.165) is 18.5 Å². The Morgan fingerprint density at radius 2 is 1.96 bits per heavy atom. The van der Waals surface area contributed by atoms with Crippen LogP contribution in [0.3, 0.4) is 0 Å². The van der Waals surface area contributed by atoms with E-state index < -0.39 is 6.04 Å². The molecule has 1 aliphatic carbocycles. The van der Waals surface area contributed by atoms with E-state index in [1.807, 2.05) is 29.2 Å². The number of anilines is 1. The highest BCUT2D eigenvalue weighted by Gasteiger charge is 2.46. The number of carbonyl (C=O) groups excluding carboxylic acids is 2. The molecule has 1 aromatic heterocycles. The second-order valence-electron chi connectivity index (χ2n) is 7.44. The van der Waals surface area contributed by atoms with Gasteiger partial charge in [0.05, 0.1) is 17.8 Å². The van der Waals surface area contributed by atoms with Crippen molar-refractivity contribution >= 4 is 17.5 Å². The van der Waals surface area contributed by atoms with Crippen LogP contribution < -0.4 is 9.64 Å². The highest BCUT2D eigenvalue weighted by Crippen LogP contribution is 2.39. The number of hydrogen-bond donors (Lipinski definition) is 0. The second-order valence-corrected chi connectivity index (χ2v) is 7.44. The molecule has 138 valence electrons. The third-order valence-corrected chi connectivity index (χ3v) is 5.47. The van der Waals surface area contributed by atoms with Crippen LogP contribution in [0.4, 0.5) is 5.69 Å². The Balaban J connectivity index is 1.51. The van der Waals surface area contributed by atoms with Crippen molar-refractivity contribution in [2.24, 2.45) is 5.92 Å². The Labute approximate surface area is 157 Å². The molecule has 0 N–H and O–H groups in total. The standard InChI is InChI=1S/C20H20N4O3/c25-19(14-8-21-12-22-9-14)24-11-15-7-17(24)20(26)23(10-13-5-6-13)16-3-1-2-4-18(16)27-15/h1-4,8-9,12-13,15,17H,5-7,10-11H2/t15-,17-/m0/s1. The van der Waals surface area contributed by atoms with Gasteiger partial charge in [0.1, 0.15) is 24.2 Å². The molecule has 5 rings (SSSR count). The molecule has 7 nitrogen and oxygen atoms in total. The predicted molar refractivity (Wildman–Crippen MR) is 97.4 cm³/mol. The maximum Gasteiger partial charge on any atom is 0.257 e. The number of para-hydroxylation sites is 2. The molecule has 27 heavy (non-hydrogen) atoms. The molecule has 1 saturated carbocycles. The second kappa shape index (κ2) is 6.33. The zero-order valence-electron chi connectivity index (χ0n) is 14.8. The van der Waals surface area contributed by atoms with Crippen LogP contribution >= 0.6 is 0 Å². The minimum absolute atomic E-state index is 0.0228. The van der Waals surface area contributed by atoms with E-state index in [4.69, 9.17) is 4.74 Å². The molecule has 3 aliphatic rings. The molecule has 2 amide bonds. The summed E-state index contributed by atoms with van der Waals surface area (Å²) in [5, 5.41) is 0. The van der Waals surface area contributed by atoms with Crippen molar-refractivity contribution in [3.63, 3.8) is 0 Å². The number of hydrogen-bond acceptors (Lipinski definition) is 5. The summed E-state index contributed by atoms with van der Waals surface area (Å²) in [4.78, 5) is 37.8. The number of benzene rings is 1. The summed E-state index contributed by atoms with van der Waals surface area (Å²) in [5.74, 6) is 1.00. The summed E-state index contributed by atoms with van der Waals surface area (Å²) in [7, 11) is 0. The normalized spacial score (nSPS) is 24.1. The first-order valence-corrected chi connectivity index (χ1v) is 9.34. The zero-order chi connectivity index (χ0) is 18.4. The first kappa shape index (κ1) is 16.2. The fourth-order valence-corrected chi connectivity index (χ4v) is 3.92. The van der Waals surface area contributed by atoms with Crippen molar-refractivity contribution in [3.8, 4) is 5.75 Å². The van der Waals surface area contributed by atoms with Crippen LogP contribution in [0.15, 0.2) is 43.0 Å². The number of ether oxygens (including phenoxy) is 1. The van der Waals surface area contributed by atoms with E-state index in [1.165, 1.54) is 18.7 Å². The topological polar surface area (TPSA) is 75.6 Å². The van der Waals surface area contributed by atoms with E-state index in [0.29, 0.717) is 36.7 Å². The molecule has 2 fully saturated rings. The lowest BCUT2D eigenvalue weighted by atomic mass is 10.1. The van der Waals surface area contributed by atoms with Gasteiger partial charge in [-0.25, -0.2) is 9.97 Å². The Morgan fingerprint density at radius 1 is 1.19 bits per heavy atom. The van der Waals surface area contributed by atoms with Gasteiger partial charge < -0.3 is 14.5 Å². The van der Waals surface area contributed by atoms with E-state index in [9.17, 15) is 9.59 Å². The van der Waals surface area contributed by atoms with E-state index in [2.05, 4.69) is 9.97 Å². The van der Waals surface area contributed by atoms with Gasteiger partial charge in [0.25, 0.3) is 5.91 Å². The van der Waals surface area contributed by atoms with Gasteiger partial charge in [0.15, 0.2) is 0 Å². The van der Waals surface area contributed by atoms with E-state index in [-0.39, 0.29) is 17.9 Å². The van der Waals surface area contributed by atoms with Gasteiger partial charge in [-0.15, -0.1) is 0 Å². The number of likely N-dealkylation sites (tertiary alicyclic amines) is 1. The minimum Gasteiger partial charge on any atom is -0.486 e.